The number of nitrogens with one attached hydrogen (secondary N) is 1. The SMILES string of the molecule is CCNC(c1csc2c(Br)cccc12)C1CCC(C)O1. The Balaban J connectivity index is 1.99. The highest BCUT2D eigenvalue weighted by molar-refractivity contribution is 9.10. The summed E-state index contributed by atoms with van der Waals surface area (Å²) in [5.41, 5.74) is 1.38. The second kappa shape index (κ2) is 6.14. The predicted molar refractivity (Wildman–Crippen MR) is 89.5 cm³/mol. The normalized spacial score (nSPS) is 24.4. The molecule has 0 aliphatic carbocycles. The van der Waals surface area contributed by atoms with Crippen LogP contribution in [0.15, 0.2) is 28.1 Å². The van der Waals surface area contributed by atoms with E-state index in [9.17, 15) is 0 Å². The fraction of sp³-hybridized carbons (Fsp3) is 0.500. The van der Waals surface area contributed by atoms with E-state index >= 15 is 0 Å². The number of hydrogen-bond donors (Lipinski definition) is 1. The minimum atomic E-state index is 0.293. The van der Waals surface area contributed by atoms with E-state index in [2.05, 4.69) is 58.7 Å². The molecule has 2 heterocycles. The van der Waals surface area contributed by atoms with Crippen LogP contribution in [0.4, 0.5) is 0 Å². The van der Waals surface area contributed by atoms with Crippen LogP contribution in [0.2, 0.25) is 0 Å². The molecule has 3 unspecified atom stereocenters. The van der Waals surface area contributed by atoms with Gasteiger partial charge >= 0.3 is 0 Å². The quantitative estimate of drug-likeness (QED) is 0.845. The Morgan fingerprint density at radius 2 is 2.30 bits per heavy atom. The molecular formula is C16H20BrNOS. The lowest BCUT2D eigenvalue weighted by atomic mass is 9.98. The molecule has 1 aliphatic rings. The molecule has 1 aromatic carbocycles. The van der Waals surface area contributed by atoms with Crippen molar-refractivity contribution >= 4 is 37.4 Å². The number of fused-ring (bicyclic) bond motifs is 1. The van der Waals surface area contributed by atoms with Gasteiger partial charge in [0.05, 0.1) is 18.2 Å². The van der Waals surface area contributed by atoms with Gasteiger partial charge in [-0.25, -0.2) is 0 Å². The third kappa shape index (κ3) is 2.67. The van der Waals surface area contributed by atoms with E-state index in [0.717, 1.165) is 13.0 Å². The first-order valence-electron chi connectivity index (χ1n) is 7.25. The third-order valence-corrected chi connectivity index (χ3v) is 5.95. The molecule has 108 valence electrons. The average molecular weight is 354 g/mol. The zero-order valence-corrected chi connectivity index (χ0v) is 14.3. The first-order valence-corrected chi connectivity index (χ1v) is 8.92. The van der Waals surface area contributed by atoms with E-state index in [1.165, 1.54) is 26.5 Å². The maximum Gasteiger partial charge on any atom is 0.0774 e. The summed E-state index contributed by atoms with van der Waals surface area (Å²) in [6, 6.07) is 6.74. The van der Waals surface area contributed by atoms with Crippen molar-refractivity contribution < 1.29 is 4.74 Å². The van der Waals surface area contributed by atoms with Crippen LogP contribution in [0.3, 0.4) is 0 Å². The van der Waals surface area contributed by atoms with Crippen LogP contribution in [0, 0.1) is 0 Å². The van der Waals surface area contributed by atoms with Crippen molar-refractivity contribution in [2.75, 3.05) is 6.54 Å². The lowest BCUT2D eigenvalue weighted by Gasteiger charge is -2.24. The topological polar surface area (TPSA) is 21.3 Å². The van der Waals surface area contributed by atoms with Crippen molar-refractivity contribution in [1.29, 1.82) is 0 Å². The Hall–Kier alpha value is -0.420. The molecule has 1 saturated heterocycles. The molecule has 2 nitrogen and oxygen atoms in total. The third-order valence-electron chi connectivity index (χ3n) is 3.98. The zero-order chi connectivity index (χ0) is 14.1. The van der Waals surface area contributed by atoms with Gasteiger partial charge < -0.3 is 10.1 Å². The van der Waals surface area contributed by atoms with Crippen molar-refractivity contribution in [3.63, 3.8) is 0 Å². The van der Waals surface area contributed by atoms with Gasteiger partial charge in [0.15, 0.2) is 0 Å². The molecular weight excluding hydrogens is 334 g/mol. The molecule has 20 heavy (non-hydrogen) atoms. The number of ether oxygens (including phenoxy) is 1. The van der Waals surface area contributed by atoms with Crippen LogP contribution in [-0.4, -0.2) is 18.8 Å². The minimum absolute atomic E-state index is 0.293. The van der Waals surface area contributed by atoms with E-state index < -0.39 is 0 Å². The van der Waals surface area contributed by atoms with Crippen LogP contribution in [0.25, 0.3) is 10.1 Å². The van der Waals surface area contributed by atoms with Crippen LogP contribution < -0.4 is 5.32 Å². The van der Waals surface area contributed by atoms with Gasteiger partial charge in [-0.3, -0.25) is 0 Å². The summed E-state index contributed by atoms with van der Waals surface area (Å²) < 4.78 is 8.62. The summed E-state index contributed by atoms with van der Waals surface area (Å²) in [5, 5.41) is 7.26. The van der Waals surface area contributed by atoms with Crippen molar-refractivity contribution in [2.24, 2.45) is 0 Å². The highest BCUT2D eigenvalue weighted by Crippen LogP contribution is 2.39. The van der Waals surface area contributed by atoms with Gasteiger partial charge in [-0.05, 0) is 64.6 Å². The predicted octanol–water partition coefficient (Wildman–Crippen LogP) is 4.88. The summed E-state index contributed by atoms with van der Waals surface area (Å²) >= 11 is 5.46. The van der Waals surface area contributed by atoms with Gasteiger partial charge in [0.25, 0.3) is 0 Å². The number of likely N-dealkylation sites (N-methyl/N-ethyl adjacent to an activating group) is 1. The molecule has 4 heteroatoms. The number of benzene rings is 1. The summed E-state index contributed by atoms with van der Waals surface area (Å²) in [6.45, 7) is 5.30. The van der Waals surface area contributed by atoms with Crippen LogP contribution in [-0.2, 0) is 4.74 Å². The number of halogens is 1. The fourth-order valence-electron chi connectivity index (χ4n) is 3.02. The van der Waals surface area contributed by atoms with Crippen molar-refractivity contribution in [1.82, 2.24) is 5.32 Å². The fourth-order valence-corrected chi connectivity index (χ4v) is 4.68. The summed E-state index contributed by atoms with van der Waals surface area (Å²) in [5.74, 6) is 0. The summed E-state index contributed by atoms with van der Waals surface area (Å²) in [7, 11) is 0. The highest BCUT2D eigenvalue weighted by Gasteiger charge is 2.31. The summed E-state index contributed by atoms with van der Waals surface area (Å²) in [4.78, 5) is 0. The first kappa shape index (κ1) is 14.5. The lowest BCUT2D eigenvalue weighted by molar-refractivity contribution is 0.0323. The number of hydrogen-bond acceptors (Lipinski definition) is 3. The molecule has 0 radical (unpaired) electrons. The van der Waals surface area contributed by atoms with Gasteiger partial charge in [-0.2, -0.15) is 0 Å². The monoisotopic (exact) mass is 353 g/mol. The van der Waals surface area contributed by atoms with Crippen LogP contribution in [0.1, 0.15) is 38.3 Å². The van der Waals surface area contributed by atoms with Gasteiger partial charge in [-0.1, -0.05) is 19.1 Å². The van der Waals surface area contributed by atoms with Crippen molar-refractivity contribution in [3.05, 3.63) is 33.6 Å². The molecule has 2 aromatic rings. The van der Waals surface area contributed by atoms with E-state index in [1.54, 1.807) is 0 Å². The minimum Gasteiger partial charge on any atom is -0.373 e. The number of rotatable bonds is 4. The zero-order valence-electron chi connectivity index (χ0n) is 11.9. The van der Waals surface area contributed by atoms with Gasteiger partial charge in [0, 0.05) is 9.17 Å². The molecule has 3 atom stereocenters. The van der Waals surface area contributed by atoms with Gasteiger partial charge in [-0.15, -0.1) is 11.3 Å². The maximum atomic E-state index is 6.11. The molecule has 1 aromatic heterocycles. The Morgan fingerprint density at radius 1 is 1.45 bits per heavy atom. The maximum absolute atomic E-state index is 6.11. The Bertz CT molecular complexity index is 597. The largest absolute Gasteiger partial charge is 0.373 e. The number of thiophene rings is 1. The van der Waals surface area contributed by atoms with Crippen LogP contribution in [0.5, 0.6) is 0 Å². The molecule has 1 fully saturated rings. The standard InChI is InChI=1S/C16H20BrNOS/c1-3-18-15(14-8-7-10(2)19-14)12-9-20-16-11(12)5-4-6-13(16)17/h4-6,9-10,14-15,18H,3,7-8H2,1-2H3. The van der Waals surface area contributed by atoms with Gasteiger partial charge in [0.2, 0.25) is 0 Å². The average Bonchev–Trinajstić information content (AvgIpc) is 3.04. The van der Waals surface area contributed by atoms with Crippen molar-refractivity contribution in [3.8, 4) is 0 Å². The van der Waals surface area contributed by atoms with Gasteiger partial charge in [0.1, 0.15) is 0 Å². The highest BCUT2D eigenvalue weighted by atomic mass is 79.9. The van der Waals surface area contributed by atoms with Crippen LogP contribution >= 0.6 is 27.3 Å². The van der Waals surface area contributed by atoms with Crippen molar-refractivity contribution in [2.45, 2.75) is 44.9 Å². The lowest BCUT2D eigenvalue weighted by Crippen LogP contribution is -2.31. The molecule has 0 amide bonds. The Labute approximate surface area is 132 Å². The molecule has 0 bridgehead atoms. The Morgan fingerprint density at radius 3 is 3.00 bits per heavy atom. The second-order valence-corrected chi connectivity index (χ2v) is 7.14. The molecule has 3 rings (SSSR count). The second-order valence-electron chi connectivity index (χ2n) is 5.41. The smallest absolute Gasteiger partial charge is 0.0774 e. The van der Waals surface area contributed by atoms with E-state index in [1.807, 2.05) is 11.3 Å². The molecule has 0 spiro atoms. The molecule has 0 saturated carbocycles. The summed E-state index contributed by atoms with van der Waals surface area (Å²) in [6.07, 6.45) is 2.99. The van der Waals surface area contributed by atoms with E-state index in [4.69, 9.17) is 4.74 Å². The molecule has 1 N–H and O–H groups in total. The van der Waals surface area contributed by atoms with E-state index in [-0.39, 0.29) is 0 Å². The Kier molecular flexibility index (Phi) is 4.46. The van der Waals surface area contributed by atoms with E-state index in [0.29, 0.717) is 18.2 Å². The first-order chi connectivity index (χ1) is 9.70. The molecule has 1 aliphatic heterocycles.